The van der Waals surface area contributed by atoms with Gasteiger partial charge in [-0.05, 0) is 75.0 Å². The molecule has 5 N–H and O–H groups in total. The number of amides is 1. The summed E-state index contributed by atoms with van der Waals surface area (Å²) >= 11 is 0. The molecule has 3 aromatic rings. The second-order valence-electron chi connectivity index (χ2n) is 10.0. The molecule has 2 aliphatic rings. The van der Waals surface area contributed by atoms with Crippen LogP contribution in [0.15, 0.2) is 42.7 Å². The Labute approximate surface area is 206 Å². The quantitative estimate of drug-likeness (QED) is 0.534. The molecule has 0 unspecified atom stereocenters. The van der Waals surface area contributed by atoms with E-state index in [2.05, 4.69) is 58.7 Å². The highest BCUT2D eigenvalue weighted by Gasteiger charge is 2.25. The van der Waals surface area contributed by atoms with Gasteiger partial charge in [0.2, 0.25) is 0 Å². The summed E-state index contributed by atoms with van der Waals surface area (Å²) in [5.74, 6) is 0.525. The highest BCUT2D eigenvalue weighted by Crippen LogP contribution is 2.32. The van der Waals surface area contributed by atoms with Crippen LogP contribution in [-0.4, -0.2) is 60.0 Å². The van der Waals surface area contributed by atoms with E-state index < -0.39 is 0 Å². The van der Waals surface area contributed by atoms with Crippen molar-refractivity contribution < 1.29 is 4.79 Å². The number of nitrogens with one attached hydrogen (secondary N) is 1. The molecule has 5 rings (SSSR count). The number of pyridine rings is 2. The Morgan fingerprint density at radius 1 is 1.14 bits per heavy atom. The Hall–Kier alpha value is -3.23. The fourth-order valence-corrected chi connectivity index (χ4v) is 5.34. The number of hydrogen-bond donors (Lipinski definition) is 3. The third kappa shape index (κ3) is 5.09. The number of carbonyl (C=O) groups is 1. The smallest absolute Gasteiger partial charge is 0.276 e. The number of nitrogens with zero attached hydrogens (tertiary/aromatic N) is 4. The topological polar surface area (TPSA) is 113 Å². The molecule has 0 saturated carbocycles. The third-order valence-corrected chi connectivity index (χ3v) is 7.18. The number of fused-ring (bicyclic) bond motifs is 1. The van der Waals surface area contributed by atoms with Gasteiger partial charge in [0.05, 0.1) is 28.8 Å². The maximum Gasteiger partial charge on any atom is 0.276 e. The fraction of sp³-hybridized carbons (Fsp3) is 0.407. The van der Waals surface area contributed by atoms with Crippen molar-refractivity contribution in [3.63, 3.8) is 0 Å². The minimum Gasteiger partial charge on any atom is -0.397 e. The molecule has 1 aromatic carbocycles. The van der Waals surface area contributed by atoms with Crippen molar-refractivity contribution >= 4 is 33.9 Å². The Morgan fingerprint density at radius 3 is 2.71 bits per heavy atom. The molecule has 35 heavy (non-hydrogen) atoms. The lowest BCUT2D eigenvalue weighted by Crippen LogP contribution is -2.47. The number of carbonyl (C=O) groups excluding carboxylic acids is 1. The largest absolute Gasteiger partial charge is 0.397 e. The van der Waals surface area contributed by atoms with E-state index >= 15 is 0 Å². The Balaban J connectivity index is 1.41. The van der Waals surface area contributed by atoms with E-state index in [0.29, 0.717) is 29.8 Å². The molecule has 2 aromatic heterocycles. The van der Waals surface area contributed by atoms with Crippen LogP contribution < -0.4 is 21.7 Å². The molecule has 0 spiro atoms. The summed E-state index contributed by atoms with van der Waals surface area (Å²) in [4.78, 5) is 26.8. The van der Waals surface area contributed by atoms with Gasteiger partial charge in [-0.25, -0.2) is 4.98 Å². The van der Waals surface area contributed by atoms with E-state index in [1.165, 1.54) is 5.56 Å². The van der Waals surface area contributed by atoms with Gasteiger partial charge in [0.25, 0.3) is 5.91 Å². The Morgan fingerprint density at radius 2 is 1.94 bits per heavy atom. The molecule has 183 valence electrons. The van der Waals surface area contributed by atoms with Crippen LogP contribution >= 0.6 is 0 Å². The van der Waals surface area contributed by atoms with Crippen molar-refractivity contribution in [2.75, 3.05) is 49.2 Å². The Kier molecular flexibility index (Phi) is 6.58. The summed E-state index contributed by atoms with van der Waals surface area (Å²) in [6.07, 6.45) is 7.81. The van der Waals surface area contributed by atoms with E-state index in [0.717, 1.165) is 49.1 Å². The summed E-state index contributed by atoms with van der Waals surface area (Å²) < 4.78 is 0. The molecule has 8 heteroatoms. The number of hydrogen-bond acceptors (Lipinski definition) is 7. The molecule has 2 atom stereocenters. The zero-order chi connectivity index (χ0) is 24.5. The number of rotatable bonds is 4. The second kappa shape index (κ2) is 9.79. The zero-order valence-electron chi connectivity index (χ0n) is 20.4. The van der Waals surface area contributed by atoms with Crippen molar-refractivity contribution in [3.8, 4) is 0 Å². The normalized spacial score (nSPS) is 21.9. The van der Waals surface area contributed by atoms with E-state index in [4.69, 9.17) is 16.5 Å². The summed E-state index contributed by atoms with van der Waals surface area (Å²) in [5.41, 5.74) is 16.7. The van der Waals surface area contributed by atoms with Crippen LogP contribution in [0.4, 0.5) is 17.1 Å². The lowest BCUT2D eigenvalue weighted by molar-refractivity contribution is 0.102. The summed E-state index contributed by atoms with van der Waals surface area (Å²) in [5, 5.41) is 3.94. The van der Waals surface area contributed by atoms with Crippen LogP contribution in [0.5, 0.6) is 0 Å². The van der Waals surface area contributed by atoms with E-state index in [1.54, 1.807) is 12.4 Å². The summed E-state index contributed by atoms with van der Waals surface area (Å²) in [6, 6.07) is 10.1. The first-order chi connectivity index (χ1) is 16.9. The highest BCUT2D eigenvalue weighted by atomic mass is 16.1. The first-order valence-corrected chi connectivity index (χ1v) is 12.4. The van der Waals surface area contributed by atoms with Crippen molar-refractivity contribution in [3.05, 3.63) is 60.4 Å². The van der Waals surface area contributed by atoms with E-state index in [-0.39, 0.29) is 17.6 Å². The number of nitrogens with two attached hydrogens (primary N) is 2. The number of benzene rings is 1. The minimum absolute atomic E-state index is 0.0213. The van der Waals surface area contributed by atoms with Gasteiger partial charge in [-0.15, -0.1) is 0 Å². The Bertz CT molecular complexity index is 1210. The lowest BCUT2D eigenvalue weighted by Gasteiger charge is -2.37. The molecule has 2 saturated heterocycles. The van der Waals surface area contributed by atoms with Crippen LogP contribution in [0.25, 0.3) is 10.9 Å². The first-order valence-electron chi connectivity index (χ1n) is 12.4. The lowest BCUT2D eigenvalue weighted by atomic mass is 9.89. The second-order valence-corrected chi connectivity index (χ2v) is 10.0. The predicted molar refractivity (Wildman–Crippen MR) is 141 cm³/mol. The van der Waals surface area contributed by atoms with Gasteiger partial charge in [0, 0.05) is 30.7 Å². The average Bonchev–Trinajstić information content (AvgIpc) is 2.83. The third-order valence-electron chi connectivity index (χ3n) is 7.18. The molecule has 1 radical (unpaired) electrons. The predicted octanol–water partition coefficient (Wildman–Crippen LogP) is 3.26. The summed E-state index contributed by atoms with van der Waals surface area (Å²) in [7, 11) is 2.16. The van der Waals surface area contributed by atoms with Crippen LogP contribution in [0.1, 0.15) is 41.7 Å². The number of aromatic nitrogens is 2. The molecule has 4 heterocycles. The maximum atomic E-state index is 13.3. The number of piperidine rings is 2. The van der Waals surface area contributed by atoms with Crippen LogP contribution in [-0.2, 0) is 0 Å². The van der Waals surface area contributed by atoms with Gasteiger partial charge in [-0.2, -0.15) is 0 Å². The summed E-state index contributed by atoms with van der Waals surface area (Å²) in [6.45, 7) is 5.85. The number of likely N-dealkylation sites (tertiary alicyclic amines) is 1. The van der Waals surface area contributed by atoms with Gasteiger partial charge in [0.1, 0.15) is 0 Å². The molecule has 0 aliphatic carbocycles. The first kappa shape index (κ1) is 23.5. The van der Waals surface area contributed by atoms with Gasteiger partial charge in [-0.3, -0.25) is 9.78 Å². The average molecular weight is 473 g/mol. The monoisotopic (exact) mass is 472 g/mol. The molecular formula is C27H34N7O. The number of nitrogen functional groups attached to an aromatic ring is 1. The van der Waals surface area contributed by atoms with Crippen molar-refractivity contribution in [2.24, 2.45) is 11.7 Å². The van der Waals surface area contributed by atoms with Gasteiger partial charge in [-0.1, -0.05) is 19.1 Å². The molecule has 2 fully saturated rings. The van der Waals surface area contributed by atoms with Gasteiger partial charge in [0.15, 0.2) is 5.69 Å². The number of anilines is 3. The molecular weight excluding hydrogens is 438 g/mol. The molecule has 1 amide bonds. The van der Waals surface area contributed by atoms with Crippen LogP contribution in [0, 0.1) is 12.3 Å². The molecule has 2 aliphatic heterocycles. The highest BCUT2D eigenvalue weighted by molar-refractivity contribution is 6.09. The SMILES string of the molecule is C[C@H]1[CH][C@@H](N)CN(c2ccncc2NC(=O)c2nc3cc(C4CCN(C)CC4)ccc3cc2N)C1. The zero-order valence-corrected chi connectivity index (χ0v) is 20.4. The van der Waals surface area contributed by atoms with E-state index in [9.17, 15) is 4.79 Å². The van der Waals surface area contributed by atoms with Crippen molar-refractivity contribution in [1.82, 2.24) is 14.9 Å². The van der Waals surface area contributed by atoms with Crippen molar-refractivity contribution in [1.29, 1.82) is 0 Å². The van der Waals surface area contributed by atoms with Gasteiger partial charge < -0.3 is 26.6 Å². The van der Waals surface area contributed by atoms with Gasteiger partial charge >= 0.3 is 0 Å². The minimum atomic E-state index is -0.343. The maximum absolute atomic E-state index is 13.3. The van der Waals surface area contributed by atoms with E-state index in [1.807, 2.05) is 12.1 Å². The standard InChI is InChI=1S/C27H34N7O/c1-17-11-21(28)16-34(15-17)25-5-8-30-14-24(25)32-27(35)26-22(29)12-20-4-3-19(13-23(20)31-26)18-6-9-33(2)10-7-18/h3-5,8,11-14,17-18,21H,6-7,9-10,15-16,28-29H2,1-2H3,(H,32,35)/t17-,21+/m0/s1. The fourth-order valence-electron chi connectivity index (χ4n) is 5.34. The molecule has 0 bridgehead atoms. The van der Waals surface area contributed by atoms with Crippen LogP contribution in [0.3, 0.4) is 0 Å². The molecule has 8 nitrogen and oxygen atoms in total. The van der Waals surface area contributed by atoms with Crippen LogP contribution in [0.2, 0.25) is 0 Å². The van der Waals surface area contributed by atoms with Crippen molar-refractivity contribution in [2.45, 2.75) is 31.7 Å².